The number of benzene rings is 3. The molecular formula is C28H17Cl2N5O3. The van der Waals surface area contributed by atoms with E-state index in [1.165, 1.54) is 19.4 Å². The highest BCUT2D eigenvalue weighted by Gasteiger charge is 2.20. The molecule has 5 aromatic rings. The molecule has 2 heterocycles. The molecule has 3 aromatic carbocycles. The molecular weight excluding hydrogens is 525 g/mol. The molecule has 2 aromatic heterocycles. The summed E-state index contributed by atoms with van der Waals surface area (Å²) in [4.78, 5) is 27.2. The van der Waals surface area contributed by atoms with Crippen molar-refractivity contribution >= 4 is 40.3 Å². The molecule has 0 saturated heterocycles. The van der Waals surface area contributed by atoms with Gasteiger partial charge in [-0.3, -0.25) is 9.59 Å². The zero-order chi connectivity index (χ0) is 26.8. The normalized spacial score (nSPS) is 11.1. The SMILES string of the molecule is COc1ccc(-n2nc3c(=O)n(/N=C/c4ccccc4Cl)c(-c4ccccc4Cl)cc3c(C#N)c2=O)cc1. The van der Waals surface area contributed by atoms with Crippen LogP contribution in [0.15, 0.2) is 93.6 Å². The molecule has 38 heavy (non-hydrogen) atoms. The lowest BCUT2D eigenvalue weighted by molar-refractivity contribution is 0.414. The van der Waals surface area contributed by atoms with Gasteiger partial charge in [-0.25, -0.2) is 0 Å². The van der Waals surface area contributed by atoms with E-state index in [0.717, 1.165) is 9.36 Å². The maximum Gasteiger partial charge on any atom is 0.299 e. The van der Waals surface area contributed by atoms with Crippen molar-refractivity contribution in [3.8, 4) is 28.8 Å². The molecule has 8 nitrogen and oxygen atoms in total. The number of hydrogen-bond acceptors (Lipinski definition) is 6. The molecule has 0 fully saturated rings. The highest BCUT2D eigenvalue weighted by atomic mass is 35.5. The maximum atomic E-state index is 13.9. The summed E-state index contributed by atoms with van der Waals surface area (Å²) in [6.45, 7) is 0. The smallest absolute Gasteiger partial charge is 0.299 e. The third-order valence-corrected chi connectivity index (χ3v) is 6.50. The molecule has 0 spiro atoms. The Balaban J connectivity index is 1.84. The van der Waals surface area contributed by atoms with E-state index in [1.807, 2.05) is 6.07 Å². The average Bonchev–Trinajstić information content (AvgIpc) is 2.93. The second-order valence-electron chi connectivity index (χ2n) is 8.06. The summed E-state index contributed by atoms with van der Waals surface area (Å²) in [6, 6.07) is 23.9. The number of nitrogens with zero attached hydrogens (tertiary/aromatic N) is 5. The van der Waals surface area contributed by atoms with Crippen LogP contribution in [-0.2, 0) is 0 Å². The molecule has 0 unspecified atom stereocenters. The average molecular weight is 542 g/mol. The number of ether oxygens (including phenoxy) is 1. The van der Waals surface area contributed by atoms with E-state index < -0.39 is 11.1 Å². The summed E-state index contributed by atoms with van der Waals surface area (Å²) in [5, 5.41) is 19.6. The summed E-state index contributed by atoms with van der Waals surface area (Å²) in [5.41, 5.74) is 0.00746. The molecule has 186 valence electrons. The zero-order valence-electron chi connectivity index (χ0n) is 19.8. The van der Waals surface area contributed by atoms with Gasteiger partial charge in [-0.1, -0.05) is 59.6 Å². The fraction of sp³-hybridized carbons (Fsp3) is 0.0357. The molecule has 10 heteroatoms. The number of hydrogen-bond donors (Lipinski definition) is 0. The Hall–Kier alpha value is -4.71. The van der Waals surface area contributed by atoms with E-state index in [0.29, 0.717) is 32.6 Å². The van der Waals surface area contributed by atoms with Gasteiger partial charge in [0.1, 0.15) is 17.4 Å². The van der Waals surface area contributed by atoms with Gasteiger partial charge in [0, 0.05) is 26.6 Å². The lowest BCUT2D eigenvalue weighted by Crippen LogP contribution is -2.29. The summed E-state index contributed by atoms with van der Waals surface area (Å²) in [6.07, 6.45) is 1.45. The van der Waals surface area contributed by atoms with Crippen molar-refractivity contribution in [1.82, 2.24) is 14.5 Å². The van der Waals surface area contributed by atoms with Crippen molar-refractivity contribution in [3.05, 3.63) is 121 Å². The Labute approximate surface area is 226 Å². The third kappa shape index (κ3) is 4.45. The molecule has 0 aliphatic carbocycles. The van der Waals surface area contributed by atoms with Gasteiger partial charge in [0.05, 0.1) is 24.7 Å². The van der Waals surface area contributed by atoms with E-state index in [4.69, 9.17) is 27.9 Å². The van der Waals surface area contributed by atoms with Crippen LogP contribution in [0.4, 0.5) is 0 Å². The lowest BCUT2D eigenvalue weighted by Gasteiger charge is -2.13. The fourth-order valence-corrected chi connectivity index (χ4v) is 4.34. The van der Waals surface area contributed by atoms with Crippen LogP contribution in [-0.4, -0.2) is 27.8 Å². The number of pyridine rings is 1. The molecule has 0 aliphatic rings. The minimum Gasteiger partial charge on any atom is -0.497 e. The predicted octanol–water partition coefficient (Wildman–Crippen LogP) is 5.28. The first-order valence-corrected chi connectivity index (χ1v) is 12.0. The molecule has 0 N–H and O–H groups in total. The van der Waals surface area contributed by atoms with Gasteiger partial charge >= 0.3 is 0 Å². The second-order valence-corrected chi connectivity index (χ2v) is 8.87. The van der Waals surface area contributed by atoms with Crippen molar-refractivity contribution in [1.29, 1.82) is 5.26 Å². The summed E-state index contributed by atoms with van der Waals surface area (Å²) in [5.74, 6) is 0.573. The summed E-state index contributed by atoms with van der Waals surface area (Å²) < 4.78 is 7.31. The highest BCUT2D eigenvalue weighted by Crippen LogP contribution is 2.29. The Bertz CT molecular complexity index is 1890. The van der Waals surface area contributed by atoms with E-state index in [-0.39, 0.29) is 22.2 Å². The Morgan fingerprint density at radius 2 is 1.63 bits per heavy atom. The summed E-state index contributed by atoms with van der Waals surface area (Å²) in [7, 11) is 1.52. The van der Waals surface area contributed by atoms with Gasteiger partial charge in [-0.05, 0) is 42.5 Å². The van der Waals surface area contributed by atoms with Gasteiger partial charge in [-0.2, -0.15) is 24.8 Å². The van der Waals surface area contributed by atoms with Crippen molar-refractivity contribution in [2.24, 2.45) is 5.10 Å². The monoisotopic (exact) mass is 541 g/mol. The molecule has 0 radical (unpaired) electrons. The van der Waals surface area contributed by atoms with Crippen molar-refractivity contribution in [2.75, 3.05) is 7.11 Å². The molecule has 5 rings (SSSR count). The van der Waals surface area contributed by atoms with Crippen LogP contribution in [0.5, 0.6) is 5.75 Å². The van der Waals surface area contributed by atoms with Crippen molar-refractivity contribution in [2.45, 2.75) is 0 Å². The lowest BCUT2D eigenvalue weighted by atomic mass is 10.1. The Morgan fingerprint density at radius 3 is 2.29 bits per heavy atom. The highest BCUT2D eigenvalue weighted by molar-refractivity contribution is 6.33. The van der Waals surface area contributed by atoms with E-state index in [2.05, 4.69) is 10.2 Å². The molecule has 0 atom stereocenters. The van der Waals surface area contributed by atoms with Crippen molar-refractivity contribution in [3.63, 3.8) is 0 Å². The van der Waals surface area contributed by atoms with Gasteiger partial charge < -0.3 is 4.74 Å². The zero-order valence-corrected chi connectivity index (χ0v) is 21.3. The van der Waals surface area contributed by atoms with Crippen LogP contribution in [0.3, 0.4) is 0 Å². The van der Waals surface area contributed by atoms with Crippen LogP contribution >= 0.6 is 23.2 Å². The fourth-order valence-electron chi connectivity index (χ4n) is 3.93. The standard InChI is InChI=1S/C28H17Cl2N5O3/c1-38-19-12-10-18(11-13-19)34-27(36)22(15-31)21-14-25(20-7-3-5-9-24(20)30)35(28(37)26(21)33-34)32-16-17-6-2-4-8-23(17)29/h2-14,16H,1H3/b32-16+. The number of aromatic nitrogens is 3. The van der Waals surface area contributed by atoms with Crippen LogP contribution in [0.25, 0.3) is 27.8 Å². The predicted molar refractivity (Wildman–Crippen MR) is 148 cm³/mol. The number of halogens is 2. The minimum absolute atomic E-state index is 0.0892. The van der Waals surface area contributed by atoms with Crippen LogP contribution in [0.2, 0.25) is 10.0 Å². The van der Waals surface area contributed by atoms with E-state index in [9.17, 15) is 14.9 Å². The quantitative estimate of drug-likeness (QED) is 0.281. The Kier molecular flexibility index (Phi) is 6.79. The van der Waals surface area contributed by atoms with Crippen LogP contribution in [0.1, 0.15) is 11.1 Å². The van der Waals surface area contributed by atoms with E-state index in [1.54, 1.807) is 72.8 Å². The number of fused-ring (bicyclic) bond motifs is 1. The number of rotatable bonds is 5. The maximum absolute atomic E-state index is 13.9. The molecule has 0 bridgehead atoms. The largest absolute Gasteiger partial charge is 0.497 e. The van der Waals surface area contributed by atoms with Gasteiger partial charge in [0.2, 0.25) is 0 Å². The first-order valence-electron chi connectivity index (χ1n) is 11.2. The molecule has 0 amide bonds. The van der Waals surface area contributed by atoms with Crippen LogP contribution < -0.4 is 15.9 Å². The van der Waals surface area contributed by atoms with E-state index >= 15 is 0 Å². The number of methoxy groups -OCH3 is 1. The van der Waals surface area contributed by atoms with Crippen LogP contribution in [0, 0.1) is 11.3 Å². The van der Waals surface area contributed by atoms with Crippen molar-refractivity contribution < 1.29 is 4.74 Å². The van der Waals surface area contributed by atoms with Gasteiger partial charge in [0.25, 0.3) is 11.1 Å². The second kappa shape index (κ2) is 10.3. The molecule has 0 saturated carbocycles. The minimum atomic E-state index is -0.674. The van der Waals surface area contributed by atoms with Gasteiger partial charge in [0.15, 0.2) is 5.52 Å². The molecule has 0 aliphatic heterocycles. The van der Waals surface area contributed by atoms with Gasteiger partial charge in [-0.15, -0.1) is 0 Å². The summed E-state index contributed by atoms with van der Waals surface area (Å²) >= 11 is 12.7. The first kappa shape index (κ1) is 25.0. The topological polar surface area (TPSA) is 102 Å². The third-order valence-electron chi connectivity index (χ3n) is 5.83. The Morgan fingerprint density at radius 1 is 0.947 bits per heavy atom. The number of nitriles is 1. The first-order chi connectivity index (χ1) is 18.4.